The SMILES string of the molecule is O=S(=O)(Cc1ccc(CO)cc1)NC1C2C3CCC(C3)C12. The van der Waals surface area contributed by atoms with Crippen LogP contribution >= 0.6 is 0 Å². The van der Waals surface area contributed by atoms with Gasteiger partial charge in [0.1, 0.15) is 0 Å². The Bertz CT molecular complexity index is 624. The molecule has 114 valence electrons. The van der Waals surface area contributed by atoms with E-state index in [4.69, 9.17) is 5.11 Å². The summed E-state index contributed by atoms with van der Waals surface area (Å²) < 4.78 is 27.6. The molecule has 0 heterocycles. The Hall–Kier alpha value is -0.910. The minimum atomic E-state index is -3.26. The van der Waals surface area contributed by atoms with Gasteiger partial charge in [-0.15, -0.1) is 0 Å². The second kappa shape index (κ2) is 4.80. The summed E-state index contributed by atoms with van der Waals surface area (Å²) in [6.45, 7) is -0.0144. The van der Waals surface area contributed by atoms with E-state index in [-0.39, 0.29) is 18.4 Å². The minimum Gasteiger partial charge on any atom is -0.392 e. The topological polar surface area (TPSA) is 66.4 Å². The van der Waals surface area contributed by atoms with Crippen LogP contribution in [-0.4, -0.2) is 19.6 Å². The molecule has 4 rings (SSSR count). The van der Waals surface area contributed by atoms with Crippen molar-refractivity contribution < 1.29 is 13.5 Å². The quantitative estimate of drug-likeness (QED) is 0.869. The third-order valence-electron chi connectivity index (χ3n) is 5.61. The molecule has 3 aliphatic carbocycles. The average molecular weight is 307 g/mol. The fourth-order valence-corrected chi connectivity index (χ4v) is 6.14. The molecular weight excluding hydrogens is 286 g/mol. The van der Waals surface area contributed by atoms with Crippen molar-refractivity contribution >= 4 is 10.0 Å². The zero-order valence-corrected chi connectivity index (χ0v) is 12.7. The largest absolute Gasteiger partial charge is 0.392 e. The van der Waals surface area contributed by atoms with Crippen molar-refractivity contribution in [2.45, 2.75) is 37.7 Å². The van der Waals surface area contributed by atoms with Gasteiger partial charge < -0.3 is 5.11 Å². The van der Waals surface area contributed by atoms with Crippen LogP contribution in [0.15, 0.2) is 24.3 Å². The van der Waals surface area contributed by atoms with Gasteiger partial charge in [-0.25, -0.2) is 13.1 Å². The summed E-state index contributed by atoms with van der Waals surface area (Å²) in [7, 11) is -3.26. The van der Waals surface area contributed by atoms with Crippen LogP contribution in [-0.2, 0) is 22.4 Å². The van der Waals surface area contributed by atoms with Gasteiger partial charge in [0, 0.05) is 6.04 Å². The predicted molar refractivity (Wildman–Crippen MR) is 79.7 cm³/mol. The number of benzene rings is 1. The highest BCUT2D eigenvalue weighted by Gasteiger charge is 2.65. The van der Waals surface area contributed by atoms with E-state index in [1.165, 1.54) is 19.3 Å². The van der Waals surface area contributed by atoms with Crippen molar-refractivity contribution in [2.75, 3.05) is 0 Å². The van der Waals surface area contributed by atoms with Gasteiger partial charge in [-0.05, 0) is 54.1 Å². The van der Waals surface area contributed by atoms with Crippen LogP contribution in [0.2, 0.25) is 0 Å². The minimum absolute atomic E-state index is 0.0144. The summed E-state index contributed by atoms with van der Waals surface area (Å²) >= 11 is 0. The van der Waals surface area contributed by atoms with Gasteiger partial charge in [-0.1, -0.05) is 24.3 Å². The van der Waals surface area contributed by atoms with Crippen LogP contribution < -0.4 is 4.72 Å². The molecule has 4 nitrogen and oxygen atoms in total. The maximum atomic E-state index is 12.3. The number of nitrogens with one attached hydrogen (secondary N) is 1. The first kappa shape index (κ1) is 13.7. The van der Waals surface area contributed by atoms with Crippen molar-refractivity contribution in [3.63, 3.8) is 0 Å². The van der Waals surface area contributed by atoms with Crippen LogP contribution in [0.5, 0.6) is 0 Å². The summed E-state index contributed by atoms with van der Waals surface area (Å²) in [6.07, 6.45) is 3.93. The number of aliphatic hydroxyl groups is 1. The third-order valence-corrected chi connectivity index (χ3v) is 6.96. The molecular formula is C16H21NO3S. The Labute approximate surface area is 125 Å². The molecule has 21 heavy (non-hydrogen) atoms. The highest BCUT2D eigenvalue weighted by atomic mass is 32.2. The lowest BCUT2D eigenvalue weighted by atomic mass is 10.0. The normalized spacial score (nSPS) is 36.7. The molecule has 3 fully saturated rings. The second-order valence-electron chi connectivity index (χ2n) is 6.87. The van der Waals surface area contributed by atoms with Gasteiger partial charge in [-0.2, -0.15) is 0 Å². The monoisotopic (exact) mass is 307 g/mol. The summed E-state index contributed by atoms with van der Waals surface area (Å²) in [5, 5.41) is 9.01. The zero-order chi connectivity index (χ0) is 14.6. The molecule has 0 aromatic heterocycles. The highest BCUT2D eigenvalue weighted by Crippen LogP contribution is 2.65. The molecule has 0 spiro atoms. The molecule has 0 saturated heterocycles. The lowest BCUT2D eigenvalue weighted by molar-refractivity contribution is 0.282. The maximum Gasteiger partial charge on any atom is 0.216 e. The number of sulfonamides is 1. The van der Waals surface area contributed by atoms with Gasteiger partial charge >= 0.3 is 0 Å². The van der Waals surface area contributed by atoms with Crippen LogP contribution in [0.25, 0.3) is 0 Å². The van der Waals surface area contributed by atoms with Crippen molar-refractivity contribution in [1.82, 2.24) is 4.72 Å². The van der Waals surface area contributed by atoms with E-state index in [1.807, 2.05) is 0 Å². The molecule has 4 unspecified atom stereocenters. The van der Waals surface area contributed by atoms with Gasteiger partial charge in [0.05, 0.1) is 12.4 Å². The molecule has 2 bridgehead atoms. The van der Waals surface area contributed by atoms with Crippen molar-refractivity contribution in [1.29, 1.82) is 0 Å². The van der Waals surface area contributed by atoms with E-state index in [0.717, 1.165) is 23.0 Å². The molecule has 2 N–H and O–H groups in total. The summed E-state index contributed by atoms with van der Waals surface area (Å²) in [5.74, 6) is 2.82. The Morgan fingerprint density at radius 2 is 1.62 bits per heavy atom. The fourth-order valence-electron chi connectivity index (χ4n) is 4.69. The fraction of sp³-hybridized carbons (Fsp3) is 0.625. The molecule has 0 amide bonds. The van der Waals surface area contributed by atoms with E-state index < -0.39 is 10.0 Å². The van der Waals surface area contributed by atoms with Crippen molar-refractivity contribution in [2.24, 2.45) is 23.7 Å². The molecule has 1 aromatic carbocycles. The summed E-state index contributed by atoms with van der Waals surface area (Å²) in [5.41, 5.74) is 1.57. The number of fused-ring (bicyclic) bond motifs is 5. The number of hydrogen-bond acceptors (Lipinski definition) is 3. The van der Waals surface area contributed by atoms with E-state index >= 15 is 0 Å². The Kier molecular flexibility index (Phi) is 3.14. The lowest BCUT2D eigenvalue weighted by Gasteiger charge is -2.11. The maximum absolute atomic E-state index is 12.3. The van der Waals surface area contributed by atoms with Gasteiger partial charge in [0.2, 0.25) is 10.0 Å². The van der Waals surface area contributed by atoms with Crippen molar-refractivity contribution in [3.05, 3.63) is 35.4 Å². The Morgan fingerprint density at radius 1 is 1.05 bits per heavy atom. The first-order valence-electron chi connectivity index (χ1n) is 7.76. The van der Waals surface area contributed by atoms with E-state index in [9.17, 15) is 8.42 Å². The number of rotatable bonds is 5. The van der Waals surface area contributed by atoms with Gasteiger partial charge in [-0.3, -0.25) is 0 Å². The molecule has 3 aliphatic rings. The highest BCUT2D eigenvalue weighted by molar-refractivity contribution is 7.88. The number of aliphatic hydroxyl groups excluding tert-OH is 1. The van der Waals surface area contributed by atoms with E-state index in [0.29, 0.717) is 11.8 Å². The summed E-state index contributed by atoms with van der Waals surface area (Å²) in [4.78, 5) is 0. The second-order valence-corrected chi connectivity index (χ2v) is 8.62. The molecule has 1 aromatic rings. The molecule has 5 heteroatoms. The smallest absolute Gasteiger partial charge is 0.216 e. The average Bonchev–Trinajstić information content (AvgIpc) is 2.85. The Morgan fingerprint density at radius 3 is 2.19 bits per heavy atom. The molecule has 4 atom stereocenters. The predicted octanol–water partition coefficient (Wildman–Crippen LogP) is 1.64. The first-order valence-corrected chi connectivity index (χ1v) is 9.41. The van der Waals surface area contributed by atoms with Crippen LogP contribution in [0.4, 0.5) is 0 Å². The van der Waals surface area contributed by atoms with Crippen molar-refractivity contribution in [3.8, 4) is 0 Å². The van der Waals surface area contributed by atoms with Crippen LogP contribution in [0.3, 0.4) is 0 Å². The van der Waals surface area contributed by atoms with E-state index in [2.05, 4.69) is 4.72 Å². The standard InChI is InChI=1S/C16H21NO3S/c18-8-10-1-3-11(4-2-10)9-21(19,20)17-16-14-12-5-6-13(7-12)15(14)16/h1-4,12-18H,5-9H2. The summed E-state index contributed by atoms with van der Waals surface area (Å²) in [6, 6.07) is 7.32. The van der Waals surface area contributed by atoms with Gasteiger partial charge in [0.15, 0.2) is 0 Å². The first-order chi connectivity index (χ1) is 10.1. The van der Waals surface area contributed by atoms with Gasteiger partial charge in [0.25, 0.3) is 0 Å². The Balaban J connectivity index is 1.40. The molecule has 0 aliphatic heterocycles. The number of hydrogen-bond donors (Lipinski definition) is 2. The lowest BCUT2D eigenvalue weighted by Crippen LogP contribution is -2.31. The molecule has 3 saturated carbocycles. The van der Waals surface area contributed by atoms with E-state index in [1.54, 1.807) is 24.3 Å². The van der Waals surface area contributed by atoms with Crippen LogP contribution in [0, 0.1) is 23.7 Å². The zero-order valence-electron chi connectivity index (χ0n) is 11.9. The third kappa shape index (κ3) is 2.41. The van der Waals surface area contributed by atoms with Crippen LogP contribution in [0.1, 0.15) is 30.4 Å². The molecule has 0 radical (unpaired) electrons.